The Bertz CT molecular complexity index is 806. The molecule has 0 saturated carbocycles. The van der Waals surface area contributed by atoms with Crippen LogP contribution in [0.5, 0.6) is 0 Å². The van der Waals surface area contributed by atoms with Crippen LogP contribution in [0.3, 0.4) is 0 Å². The SMILES string of the molecule is Cc1cc(C(=O)Nc2cc(C#N)cn2C(C)(C)C)nn1C(C)(C)C. The summed E-state index contributed by atoms with van der Waals surface area (Å²) >= 11 is 0. The monoisotopic (exact) mass is 327 g/mol. The zero-order valence-corrected chi connectivity index (χ0v) is 15.4. The summed E-state index contributed by atoms with van der Waals surface area (Å²) in [5, 5.41) is 16.4. The number of aromatic nitrogens is 3. The van der Waals surface area contributed by atoms with E-state index in [-0.39, 0.29) is 17.0 Å². The molecule has 0 atom stereocenters. The van der Waals surface area contributed by atoms with Crippen molar-refractivity contribution in [1.29, 1.82) is 5.26 Å². The van der Waals surface area contributed by atoms with Crippen LogP contribution in [0.2, 0.25) is 0 Å². The quantitative estimate of drug-likeness (QED) is 0.915. The molecule has 0 aromatic carbocycles. The van der Waals surface area contributed by atoms with Crippen molar-refractivity contribution in [2.45, 2.75) is 59.5 Å². The van der Waals surface area contributed by atoms with E-state index in [1.165, 1.54) is 0 Å². The molecule has 1 amide bonds. The zero-order chi connectivity index (χ0) is 18.3. The predicted molar refractivity (Wildman–Crippen MR) is 94.1 cm³/mol. The third-order valence-electron chi connectivity index (χ3n) is 3.67. The molecule has 2 heterocycles. The summed E-state index contributed by atoms with van der Waals surface area (Å²) in [4.78, 5) is 12.6. The van der Waals surface area contributed by atoms with Gasteiger partial charge in [-0.15, -0.1) is 0 Å². The third kappa shape index (κ3) is 3.51. The summed E-state index contributed by atoms with van der Waals surface area (Å²) in [6.07, 6.45) is 1.74. The highest BCUT2D eigenvalue weighted by Crippen LogP contribution is 2.24. The zero-order valence-electron chi connectivity index (χ0n) is 15.4. The molecule has 24 heavy (non-hydrogen) atoms. The molecule has 0 unspecified atom stereocenters. The van der Waals surface area contributed by atoms with Gasteiger partial charge < -0.3 is 9.88 Å². The Hall–Kier alpha value is -2.55. The minimum Gasteiger partial charge on any atom is -0.328 e. The molecule has 0 spiro atoms. The average molecular weight is 327 g/mol. The van der Waals surface area contributed by atoms with Gasteiger partial charge >= 0.3 is 0 Å². The molecule has 128 valence electrons. The lowest BCUT2D eigenvalue weighted by atomic mass is 10.1. The first kappa shape index (κ1) is 17.8. The fourth-order valence-electron chi connectivity index (χ4n) is 2.62. The lowest BCUT2D eigenvalue weighted by molar-refractivity contribution is 0.101. The van der Waals surface area contributed by atoms with Gasteiger partial charge in [0.1, 0.15) is 11.9 Å². The molecule has 2 rings (SSSR count). The second kappa shape index (κ2) is 5.82. The maximum absolute atomic E-state index is 12.6. The van der Waals surface area contributed by atoms with Crippen LogP contribution in [0.4, 0.5) is 5.82 Å². The molecule has 6 nitrogen and oxygen atoms in total. The molecule has 0 fully saturated rings. The van der Waals surface area contributed by atoms with Crippen LogP contribution < -0.4 is 5.32 Å². The molecular formula is C18H25N5O. The van der Waals surface area contributed by atoms with Gasteiger partial charge in [0, 0.05) is 17.4 Å². The van der Waals surface area contributed by atoms with Crippen molar-refractivity contribution in [1.82, 2.24) is 14.3 Å². The van der Waals surface area contributed by atoms with Crippen molar-refractivity contribution in [3.8, 4) is 6.07 Å². The van der Waals surface area contributed by atoms with Crippen molar-refractivity contribution < 1.29 is 4.79 Å². The van der Waals surface area contributed by atoms with Crippen LogP contribution in [0.25, 0.3) is 0 Å². The van der Waals surface area contributed by atoms with Gasteiger partial charge in [-0.05, 0) is 60.6 Å². The van der Waals surface area contributed by atoms with Crippen LogP contribution in [0.1, 0.15) is 63.3 Å². The van der Waals surface area contributed by atoms with E-state index in [0.29, 0.717) is 17.1 Å². The Balaban J connectivity index is 2.35. The van der Waals surface area contributed by atoms with E-state index in [0.717, 1.165) is 5.69 Å². The van der Waals surface area contributed by atoms with E-state index in [1.807, 2.05) is 57.7 Å². The Kier molecular flexibility index (Phi) is 4.32. The van der Waals surface area contributed by atoms with E-state index in [9.17, 15) is 4.79 Å². The van der Waals surface area contributed by atoms with E-state index >= 15 is 0 Å². The molecule has 0 aliphatic carbocycles. The van der Waals surface area contributed by atoms with E-state index in [4.69, 9.17) is 5.26 Å². The largest absolute Gasteiger partial charge is 0.328 e. The van der Waals surface area contributed by atoms with Gasteiger partial charge in [-0.2, -0.15) is 10.4 Å². The molecule has 2 aromatic rings. The number of amides is 1. The summed E-state index contributed by atoms with van der Waals surface area (Å²) in [7, 11) is 0. The molecule has 6 heteroatoms. The first-order chi connectivity index (χ1) is 10.9. The lowest BCUT2D eigenvalue weighted by Crippen LogP contribution is -2.26. The van der Waals surface area contributed by atoms with Crippen molar-refractivity contribution in [3.05, 3.63) is 35.3 Å². The van der Waals surface area contributed by atoms with Crippen molar-refractivity contribution in [2.24, 2.45) is 0 Å². The van der Waals surface area contributed by atoms with Crippen LogP contribution in [-0.4, -0.2) is 20.3 Å². The van der Waals surface area contributed by atoms with Crippen molar-refractivity contribution in [3.63, 3.8) is 0 Å². The minimum absolute atomic E-state index is 0.192. The number of aryl methyl sites for hydroxylation is 1. The topological polar surface area (TPSA) is 75.6 Å². The number of hydrogen-bond acceptors (Lipinski definition) is 3. The molecule has 0 saturated heterocycles. The highest BCUT2D eigenvalue weighted by molar-refractivity contribution is 6.02. The Labute approximate surface area is 143 Å². The average Bonchev–Trinajstić information content (AvgIpc) is 3.01. The summed E-state index contributed by atoms with van der Waals surface area (Å²) in [6, 6.07) is 5.57. The van der Waals surface area contributed by atoms with Gasteiger partial charge in [0.15, 0.2) is 5.69 Å². The second-order valence-electron chi connectivity index (χ2n) is 7.97. The number of rotatable bonds is 2. The van der Waals surface area contributed by atoms with E-state index in [1.54, 1.807) is 18.3 Å². The summed E-state index contributed by atoms with van der Waals surface area (Å²) < 4.78 is 3.72. The van der Waals surface area contributed by atoms with Crippen LogP contribution >= 0.6 is 0 Å². The first-order valence-electron chi connectivity index (χ1n) is 7.95. The molecule has 2 aromatic heterocycles. The molecule has 1 N–H and O–H groups in total. The normalized spacial score (nSPS) is 12.1. The number of nitrogens with one attached hydrogen (secondary N) is 1. The maximum atomic E-state index is 12.6. The van der Waals surface area contributed by atoms with E-state index < -0.39 is 0 Å². The lowest BCUT2D eigenvalue weighted by Gasteiger charge is -2.24. The summed E-state index contributed by atoms with van der Waals surface area (Å²) in [6.45, 7) is 14.1. The smallest absolute Gasteiger partial charge is 0.277 e. The van der Waals surface area contributed by atoms with Crippen molar-refractivity contribution >= 4 is 11.7 Å². The predicted octanol–water partition coefficient (Wildman–Crippen LogP) is 3.63. The third-order valence-corrected chi connectivity index (χ3v) is 3.67. The minimum atomic E-state index is -0.283. The van der Waals surface area contributed by atoms with Gasteiger partial charge in [0.05, 0.1) is 11.1 Å². The first-order valence-corrected chi connectivity index (χ1v) is 7.95. The molecular weight excluding hydrogens is 302 g/mol. The van der Waals surface area contributed by atoms with Gasteiger partial charge in [-0.1, -0.05) is 0 Å². The van der Waals surface area contributed by atoms with Gasteiger partial charge in [0.25, 0.3) is 5.91 Å². The standard InChI is InChI=1S/C18H25N5O/c1-12-8-14(21-23(12)18(5,6)7)16(24)20-15-9-13(10-19)11-22(15)17(2,3)4/h8-9,11H,1-7H3,(H,20,24). The van der Waals surface area contributed by atoms with Gasteiger partial charge in [-0.3, -0.25) is 9.48 Å². The molecule has 0 bridgehead atoms. The highest BCUT2D eigenvalue weighted by Gasteiger charge is 2.23. The Morgan fingerprint density at radius 1 is 1.17 bits per heavy atom. The fourth-order valence-corrected chi connectivity index (χ4v) is 2.62. The highest BCUT2D eigenvalue weighted by atomic mass is 16.2. The number of nitriles is 1. The number of carbonyl (C=O) groups is 1. The van der Waals surface area contributed by atoms with Gasteiger partial charge in [0.2, 0.25) is 0 Å². The fraction of sp³-hybridized carbons (Fsp3) is 0.500. The molecule has 0 aliphatic heterocycles. The molecule has 0 radical (unpaired) electrons. The molecule has 0 aliphatic rings. The van der Waals surface area contributed by atoms with E-state index in [2.05, 4.69) is 16.5 Å². The number of nitrogens with zero attached hydrogens (tertiary/aromatic N) is 4. The summed E-state index contributed by atoms with van der Waals surface area (Å²) in [5.41, 5.74) is 1.36. The van der Waals surface area contributed by atoms with Crippen molar-refractivity contribution in [2.75, 3.05) is 5.32 Å². The van der Waals surface area contributed by atoms with Crippen LogP contribution in [0.15, 0.2) is 18.3 Å². The van der Waals surface area contributed by atoms with Gasteiger partial charge in [-0.25, -0.2) is 0 Å². The maximum Gasteiger partial charge on any atom is 0.277 e. The summed E-state index contributed by atoms with van der Waals surface area (Å²) in [5.74, 6) is 0.307. The Morgan fingerprint density at radius 3 is 2.25 bits per heavy atom. The Morgan fingerprint density at radius 2 is 1.79 bits per heavy atom. The van der Waals surface area contributed by atoms with Crippen LogP contribution in [-0.2, 0) is 11.1 Å². The number of hydrogen-bond donors (Lipinski definition) is 1. The second-order valence-corrected chi connectivity index (χ2v) is 7.97. The number of carbonyl (C=O) groups excluding carboxylic acids is 1. The number of anilines is 1. The van der Waals surface area contributed by atoms with Crippen LogP contribution in [0, 0.1) is 18.3 Å².